The zero-order valence-electron chi connectivity index (χ0n) is 14.5. The summed E-state index contributed by atoms with van der Waals surface area (Å²) in [6.45, 7) is 1.53. The summed E-state index contributed by atoms with van der Waals surface area (Å²) in [6, 6.07) is 13.3. The van der Waals surface area contributed by atoms with Gasteiger partial charge in [-0.25, -0.2) is 8.42 Å². The van der Waals surface area contributed by atoms with Crippen molar-refractivity contribution < 1.29 is 18.0 Å². The third-order valence-electron chi connectivity index (χ3n) is 3.74. The molecule has 2 amide bonds. The highest BCUT2D eigenvalue weighted by atomic mass is 32.2. The maximum atomic E-state index is 12.1. The second kappa shape index (κ2) is 7.58. The molecule has 0 fully saturated rings. The van der Waals surface area contributed by atoms with Crippen molar-refractivity contribution in [2.24, 2.45) is 4.99 Å². The molecular formula is C18H18N4O4S. The summed E-state index contributed by atoms with van der Waals surface area (Å²) >= 11 is 0. The van der Waals surface area contributed by atoms with Crippen LogP contribution in [-0.4, -0.2) is 32.6 Å². The molecule has 8 nitrogen and oxygen atoms in total. The van der Waals surface area contributed by atoms with Gasteiger partial charge in [-0.15, -0.1) is 0 Å². The van der Waals surface area contributed by atoms with Gasteiger partial charge >= 0.3 is 0 Å². The number of rotatable bonds is 5. The topological polar surface area (TPSA) is 117 Å². The van der Waals surface area contributed by atoms with Crippen molar-refractivity contribution in [2.45, 2.75) is 18.2 Å². The lowest BCUT2D eigenvalue weighted by Crippen LogP contribution is -2.23. The molecule has 0 aromatic heterocycles. The molecule has 9 heteroatoms. The number of carbonyl (C=O) groups is 2. The summed E-state index contributed by atoms with van der Waals surface area (Å²) in [5, 5.41) is 5.36. The lowest BCUT2D eigenvalue weighted by atomic mass is 10.2. The summed E-state index contributed by atoms with van der Waals surface area (Å²) in [4.78, 5) is 27.6. The van der Waals surface area contributed by atoms with E-state index in [1.165, 1.54) is 13.0 Å². The molecule has 0 saturated heterocycles. The van der Waals surface area contributed by atoms with Gasteiger partial charge in [0.05, 0.1) is 11.4 Å². The second-order valence-corrected chi connectivity index (χ2v) is 7.54. The molecule has 3 rings (SSSR count). The summed E-state index contributed by atoms with van der Waals surface area (Å²) in [5.74, 6) is -0.229. The van der Waals surface area contributed by atoms with Gasteiger partial charge in [0.25, 0.3) is 10.0 Å². The molecule has 27 heavy (non-hydrogen) atoms. The van der Waals surface area contributed by atoms with Crippen LogP contribution in [-0.2, 0) is 19.6 Å². The molecule has 1 heterocycles. The summed E-state index contributed by atoms with van der Waals surface area (Å²) in [7, 11) is -3.58. The molecule has 1 aliphatic heterocycles. The Hall–Kier alpha value is -3.20. The first-order chi connectivity index (χ1) is 12.8. The molecule has 0 radical (unpaired) electrons. The number of nitrogens with zero attached hydrogens (tertiary/aromatic N) is 1. The molecule has 0 atom stereocenters. The van der Waals surface area contributed by atoms with Gasteiger partial charge in [0, 0.05) is 30.3 Å². The number of sulfonamides is 1. The zero-order chi connectivity index (χ0) is 19.4. The Labute approximate surface area is 156 Å². The summed E-state index contributed by atoms with van der Waals surface area (Å²) in [6.07, 6.45) is 0.0811. The normalized spacial score (nSPS) is 15.7. The number of amidine groups is 1. The monoisotopic (exact) mass is 386 g/mol. The highest BCUT2D eigenvalue weighted by Gasteiger charge is 2.29. The zero-order valence-corrected chi connectivity index (χ0v) is 15.3. The van der Waals surface area contributed by atoms with Crippen LogP contribution in [0, 0.1) is 0 Å². The van der Waals surface area contributed by atoms with E-state index < -0.39 is 10.0 Å². The van der Waals surface area contributed by atoms with Crippen LogP contribution in [0.5, 0.6) is 0 Å². The highest BCUT2D eigenvalue weighted by Crippen LogP contribution is 2.22. The number of hydrogen-bond donors (Lipinski definition) is 3. The maximum absolute atomic E-state index is 12.1. The first kappa shape index (κ1) is 18.6. The molecule has 0 spiro atoms. The number of amides is 2. The summed E-state index contributed by atoms with van der Waals surface area (Å²) in [5.41, 5.74) is 1.63. The minimum atomic E-state index is -3.58. The van der Waals surface area contributed by atoms with Gasteiger partial charge in [0.1, 0.15) is 5.84 Å². The molecule has 0 bridgehead atoms. The van der Waals surface area contributed by atoms with Crippen molar-refractivity contribution >= 4 is 39.0 Å². The number of hydrogen-bond acceptors (Lipinski definition) is 5. The van der Waals surface area contributed by atoms with E-state index >= 15 is 0 Å². The van der Waals surface area contributed by atoms with E-state index in [0.717, 1.165) is 0 Å². The van der Waals surface area contributed by atoms with E-state index in [1.54, 1.807) is 42.5 Å². The van der Waals surface area contributed by atoms with E-state index in [4.69, 9.17) is 0 Å². The molecule has 2 aromatic carbocycles. The fourth-order valence-electron chi connectivity index (χ4n) is 2.62. The lowest BCUT2D eigenvalue weighted by molar-refractivity contribution is -0.116. The Morgan fingerprint density at radius 1 is 1.04 bits per heavy atom. The van der Waals surface area contributed by atoms with Crippen molar-refractivity contribution in [1.82, 2.24) is 4.72 Å². The first-order valence-electron chi connectivity index (χ1n) is 8.19. The van der Waals surface area contributed by atoms with Gasteiger partial charge < -0.3 is 10.6 Å². The number of fused-ring (bicyclic) bond motifs is 1. The van der Waals surface area contributed by atoms with Crippen LogP contribution < -0.4 is 15.4 Å². The molecular weight excluding hydrogens is 368 g/mol. The predicted octanol–water partition coefficient (Wildman–Crippen LogP) is 1.71. The van der Waals surface area contributed by atoms with Crippen LogP contribution in [0.3, 0.4) is 0 Å². The standard InChI is InChI=1S/C18H18N4O4S/c1-12(23)20-13-5-4-6-14(11-13)21-17(24)9-10-19-18-15-7-2-3-8-16(15)27(25,26)22-18/h2-8,11H,9-10H2,1H3,(H,19,22)(H,20,23)(H,21,24). The van der Waals surface area contributed by atoms with Crippen LogP contribution in [0.25, 0.3) is 0 Å². The van der Waals surface area contributed by atoms with E-state index in [-0.39, 0.29) is 35.5 Å². The van der Waals surface area contributed by atoms with Crippen molar-refractivity contribution in [3.63, 3.8) is 0 Å². The highest BCUT2D eigenvalue weighted by molar-refractivity contribution is 7.90. The van der Waals surface area contributed by atoms with Crippen molar-refractivity contribution in [3.05, 3.63) is 54.1 Å². The minimum absolute atomic E-state index is 0.0811. The average molecular weight is 386 g/mol. The first-order valence-corrected chi connectivity index (χ1v) is 9.68. The fourth-order valence-corrected chi connectivity index (χ4v) is 3.87. The van der Waals surface area contributed by atoms with E-state index in [2.05, 4.69) is 20.3 Å². The van der Waals surface area contributed by atoms with E-state index in [0.29, 0.717) is 16.9 Å². The molecule has 0 unspecified atom stereocenters. The third-order valence-corrected chi connectivity index (χ3v) is 5.14. The Bertz CT molecular complexity index is 1030. The lowest BCUT2D eigenvalue weighted by Gasteiger charge is -2.07. The van der Waals surface area contributed by atoms with Gasteiger partial charge in [-0.2, -0.15) is 0 Å². The molecule has 2 aromatic rings. The Kier molecular flexibility index (Phi) is 5.22. The largest absolute Gasteiger partial charge is 0.326 e. The smallest absolute Gasteiger partial charge is 0.263 e. The van der Waals surface area contributed by atoms with Crippen LogP contribution in [0.15, 0.2) is 58.4 Å². The minimum Gasteiger partial charge on any atom is -0.326 e. The Morgan fingerprint density at radius 2 is 1.74 bits per heavy atom. The SMILES string of the molecule is CC(=O)Nc1cccc(NC(=O)CCN=C2NS(=O)(=O)c3ccccc32)c1. The van der Waals surface area contributed by atoms with Crippen LogP contribution in [0.4, 0.5) is 11.4 Å². The van der Waals surface area contributed by atoms with Crippen molar-refractivity contribution in [1.29, 1.82) is 0 Å². The predicted molar refractivity (Wildman–Crippen MR) is 102 cm³/mol. The molecule has 0 saturated carbocycles. The van der Waals surface area contributed by atoms with E-state index in [1.807, 2.05) is 0 Å². The van der Waals surface area contributed by atoms with Gasteiger partial charge in [0.15, 0.2) is 0 Å². The second-order valence-electron chi connectivity index (χ2n) is 5.89. The van der Waals surface area contributed by atoms with Gasteiger partial charge in [-0.1, -0.05) is 18.2 Å². The molecule has 140 valence electrons. The van der Waals surface area contributed by atoms with Crippen molar-refractivity contribution in [3.8, 4) is 0 Å². The number of aliphatic imine (C=N–C) groups is 1. The van der Waals surface area contributed by atoms with Gasteiger partial charge in [0.2, 0.25) is 11.8 Å². The maximum Gasteiger partial charge on any atom is 0.263 e. The average Bonchev–Trinajstić information content (AvgIpc) is 2.86. The Morgan fingerprint density at radius 3 is 2.48 bits per heavy atom. The fraction of sp³-hybridized carbons (Fsp3) is 0.167. The van der Waals surface area contributed by atoms with Crippen molar-refractivity contribution in [2.75, 3.05) is 17.2 Å². The third kappa shape index (κ3) is 4.50. The van der Waals surface area contributed by atoms with Gasteiger partial charge in [-0.3, -0.25) is 19.3 Å². The summed E-state index contributed by atoms with van der Waals surface area (Å²) < 4.78 is 26.4. The number of carbonyl (C=O) groups excluding carboxylic acids is 2. The molecule has 1 aliphatic rings. The van der Waals surface area contributed by atoms with E-state index in [9.17, 15) is 18.0 Å². The molecule has 3 N–H and O–H groups in total. The quantitative estimate of drug-likeness (QED) is 0.725. The van der Waals surface area contributed by atoms with Crippen LogP contribution in [0.1, 0.15) is 18.9 Å². The number of anilines is 2. The van der Waals surface area contributed by atoms with Crippen LogP contribution in [0.2, 0.25) is 0 Å². The Balaban J connectivity index is 1.61. The number of benzene rings is 2. The van der Waals surface area contributed by atoms with Gasteiger partial charge in [-0.05, 0) is 30.3 Å². The van der Waals surface area contributed by atoms with Crippen LogP contribution >= 0.6 is 0 Å². The molecule has 0 aliphatic carbocycles. The number of nitrogens with one attached hydrogen (secondary N) is 3.